The van der Waals surface area contributed by atoms with Crippen LogP contribution in [0.1, 0.15) is 66.3 Å². The molecule has 1 unspecified atom stereocenters. The molecule has 220 valence electrons. The highest BCUT2D eigenvalue weighted by Crippen LogP contribution is 2.46. The van der Waals surface area contributed by atoms with Crippen molar-refractivity contribution in [2.75, 3.05) is 4.90 Å². The summed E-state index contributed by atoms with van der Waals surface area (Å²) in [7, 11) is 1.75. The molecule has 0 amide bonds. The largest absolute Gasteiger partial charge is 0.573 e. The van der Waals surface area contributed by atoms with E-state index in [1.165, 1.54) is 12.1 Å². The third kappa shape index (κ3) is 4.87. The summed E-state index contributed by atoms with van der Waals surface area (Å²) in [5, 5.41) is 18.4. The first-order valence-electron chi connectivity index (χ1n) is 14.1. The molecule has 0 spiro atoms. The zero-order valence-corrected chi connectivity index (χ0v) is 22.8. The quantitative estimate of drug-likeness (QED) is 0.254. The number of aromatic carboxylic acids is 1. The number of fused-ring (bicyclic) bond motifs is 3. The van der Waals surface area contributed by atoms with E-state index >= 15 is 0 Å². The van der Waals surface area contributed by atoms with Crippen molar-refractivity contribution in [2.45, 2.75) is 75.6 Å². The number of carbonyl (C=O) groups is 1. The van der Waals surface area contributed by atoms with Crippen molar-refractivity contribution in [1.29, 1.82) is 0 Å². The van der Waals surface area contributed by atoms with Gasteiger partial charge in [-0.3, -0.25) is 4.68 Å². The molecule has 3 atom stereocenters. The van der Waals surface area contributed by atoms with E-state index in [2.05, 4.69) is 19.9 Å². The summed E-state index contributed by atoms with van der Waals surface area (Å²) in [6.45, 7) is 0.189. The van der Waals surface area contributed by atoms with Crippen LogP contribution in [0.15, 0.2) is 47.0 Å². The molecule has 1 aliphatic carbocycles. The van der Waals surface area contributed by atoms with Crippen molar-refractivity contribution in [1.82, 2.24) is 14.9 Å². The normalized spacial score (nSPS) is 22.2. The number of aryl methyl sites for hydroxylation is 1. The van der Waals surface area contributed by atoms with Crippen molar-refractivity contribution in [3.63, 3.8) is 0 Å². The number of rotatable bonds is 8. The number of ether oxygens (including phenoxy) is 2. The molecule has 2 bridgehead atoms. The summed E-state index contributed by atoms with van der Waals surface area (Å²) in [5.41, 5.74) is 3.07. The average Bonchev–Trinajstić information content (AvgIpc) is 3.54. The molecule has 4 aromatic rings. The Hall–Kier alpha value is -4.06. The number of para-hydroxylation sites is 1. The molecule has 2 aromatic heterocycles. The lowest BCUT2D eigenvalue weighted by Crippen LogP contribution is -2.45. The number of anilines is 1. The number of hydrogen-bond donors (Lipinski definition) is 1. The zero-order valence-electron chi connectivity index (χ0n) is 22.8. The number of hydrogen-bond acceptors (Lipinski definition) is 7. The maximum atomic E-state index is 13.1. The van der Waals surface area contributed by atoms with Crippen LogP contribution in [0.3, 0.4) is 0 Å². The van der Waals surface area contributed by atoms with E-state index in [-0.39, 0.29) is 47.7 Å². The van der Waals surface area contributed by atoms with Gasteiger partial charge in [0.05, 0.1) is 18.2 Å². The van der Waals surface area contributed by atoms with E-state index < -0.39 is 12.3 Å². The summed E-state index contributed by atoms with van der Waals surface area (Å²) >= 11 is 0. The van der Waals surface area contributed by atoms with Crippen LogP contribution in [-0.2, 0) is 18.4 Å². The number of aromatic nitrogens is 3. The van der Waals surface area contributed by atoms with Crippen LogP contribution in [0.2, 0.25) is 0 Å². The first-order chi connectivity index (χ1) is 20.2. The second-order valence-electron chi connectivity index (χ2n) is 11.4. The fourth-order valence-corrected chi connectivity index (χ4v) is 6.67. The third-order valence-corrected chi connectivity index (χ3v) is 8.62. The van der Waals surface area contributed by atoms with E-state index in [1.807, 2.05) is 18.2 Å². The Morgan fingerprint density at radius 2 is 1.83 bits per heavy atom. The summed E-state index contributed by atoms with van der Waals surface area (Å²) in [5.74, 6) is -0.503. The zero-order chi connectivity index (χ0) is 29.2. The highest BCUT2D eigenvalue weighted by molar-refractivity contribution is 6.02. The van der Waals surface area contributed by atoms with Gasteiger partial charge >= 0.3 is 12.3 Å². The van der Waals surface area contributed by atoms with E-state index in [0.717, 1.165) is 49.7 Å². The van der Waals surface area contributed by atoms with Gasteiger partial charge < -0.3 is 24.0 Å². The number of piperidine rings is 1. The molecule has 42 heavy (non-hydrogen) atoms. The van der Waals surface area contributed by atoms with Crippen molar-refractivity contribution in [2.24, 2.45) is 7.05 Å². The molecule has 1 N–H and O–H groups in total. The topological polar surface area (TPSA) is 103 Å². The van der Waals surface area contributed by atoms with Gasteiger partial charge in [-0.05, 0) is 68.9 Å². The third-order valence-electron chi connectivity index (χ3n) is 8.62. The van der Waals surface area contributed by atoms with Gasteiger partial charge in [0.25, 0.3) is 0 Å². The van der Waals surface area contributed by atoms with Crippen LogP contribution in [-0.4, -0.2) is 50.6 Å². The number of alkyl halides is 3. The van der Waals surface area contributed by atoms with Crippen LogP contribution >= 0.6 is 0 Å². The lowest BCUT2D eigenvalue weighted by atomic mass is 9.98. The molecule has 7 rings (SSSR count). The van der Waals surface area contributed by atoms with Crippen LogP contribution in [0.4, 0.5) is 18.9 Å². The predicted molar refractivity (Wildman–Crippen MR) is 145 cm³/mol. The van der Waals surface area contributed by atoms with Gasteiger partial charge in [0.15, 0.2) is 5.69 Å². The SMILES string of the molecule is Cn1nc(C(=O)O)c2ccc(N3[C@@H]4CC[C@H]3CC(OCc3c(-c5ccccc5OC(F)(F)F)noc3C3CC3)C4)cc21. The van der Waals surface area contributed by atoms with Crippen molar-refractivity contribution in [3.05, 3.63) is 59.5 Å². The molecule has 2 saturated heterocycles. The first-order valence-corrected chi connectivity index (χ1v) is 14.1. The average molecular weight is 583 g/mol. The van der Waals surface area contributed by atoms with E-state index in [9.17, 15) is 23.1 Å². The Kier molecular flexibility index (Phi) is 6.41. The first kappa shape index (κ1) is 26.8. The molecular formula is C30H29F3N4O5. The summed E-state index contributed by atoms with van der Waals surface area (Å²) in [6, 6.07) is 12.3. The molecular weight excluding hydrogens is 553 g/mol. The monoisotopic (exact) mass is 582 g/mol. The second kappa shape index (κ2) is 10.0. The molecule has 3 fully saturated rings. The fraction of sp³-hybridized carbons (Fsp3) is 0.433. The molecule has 9 nitrogen and oxygen atoms in total. The molecule has 0 radical (unpaired) electrons. The number of nitrogens with zero attached hydrogens (tertiary/aromatic N) is 4. The van der Waals surface area contributed by atoms with E-state index in [0.29, 0.717) is 22.4 Å². The van der Waals surface area contributed by atoms with Gasteiger partial charge in [-0.15, -0.1) is 13.2 Å². The Bertz CT molecular complexity index is 1650. The van der Waals surface area contributed by atoms with Crippen LogP contribution in [0.25, 0.3) is 22.2 Å². The van der Waals surface area contributed by atoms with Gasteiger partial charge in [-0.1, -0.05) is 17.3 Å². The van der Waals surface area contributed by atoms with Gasteiger partial charge in [-0.25, -0.2) is 4.79 Å². The van der Waals surface area contributed by atoms with Crippen molar-refractivity contribution < 1.29 is 37.1 Å². The van der Waals surface area contributed by atoms with Gasteiger partial charge in [-0.2, -0.15) is 5.10 Å². The fourth-order valence-electron chi connectivity index (χ4n) is 6.67. The van der Waals surface area contributed by atoms with Crippen LogP contribution < -0.4 is 9.64 Å². The Labute approximate surface area is 238 Å². The predicted octanol–water partition coefficient (Wildman–Crippen LogP) is 6.42. The highest BCUT2D eigenvalue weighted by atomic mass is 19.4. The molecule has 2 aliphatic heterocycles. The number of benzene rings is 2. The molecule has 4 heterocycles. The maximum Gasteiger partial charge on any atom is 0.573 e. The number of carboxylic acids is 1. The lowest BCUT2D eigenvalue weighted by Gasteiger charge is -2.40. The van der Waals surface area contributed by atoms with Crippen LogP contribution in [0, 0.1) is 0 Å². The minimum Gasteiger partial charge on any atom is -0.476 e. The van der Waals surface area contributed by atoms with Gasteiger partial charge in [0.1, 0.15) is 17.2 Å². The standard InChI is InChI=1S/C30H29F3N4O5/c1-36-24-14-19(10-11-21(24)27(34-36)29(38)39)37-17-8-9-18(37)13-20(12-17)40-15-23-26(35-42-28(23)16-6-7-16)22-4-2-3-5-25(22)41-30(31,32)33/h2-5,10-11,14,16-18,20H,6-9,12-13,15H2,1H3,(H,38,39)/t17-,18+,20?. The molecule has 2 aromatic carbocycles. The maximum absolute atomic E-state index is 13.1. The van der Waals surface area contributed by atoms with Gasteiger partial charge in [0, 0.05) is 47.2 Å². The number of halogens is 3. The molecule has 1 saturated carbocycles. The number of carboxylic acid groups (broad SMARTS) is 1. The van der Waals surface area contributed by atoms with E-state index in [1.54, 1.807) is 23.9 Å². The Balaban J connectivity index is 1.10. The highest BCUT2D eigenvalue weighted by Gasteiger charge is 2.42. The minimum atomic E-state index is -4.83. The smallest absolute Gasteiger partial charge is 0.476 e. The van der Waals surface area contributed by atoms with E-state index in [4.69, 9.17) is 9.26 Å². The van der Waals surface area contributed by atoms with Crippen LogP contribution in [0.5, 0.6) is 5.75 Å². The van der Waals surface area contributed by atoms with Crippen molar-refractivity contribution >= 4 is 22.6 Å². The van der Waals surface area contributed by atoms with Gasteiger partial charge in [0.2, 0.25) is 0 Å². The lowest BCUT2D eigenvalue weighted by molar-refractivity contribution is -0.274. The van der Waals surface area contributed by atoms with Crippen molar-refractivity contribution in [3.8, 4) is 17.0 Å². The molecule has 3 aliphatic rings. The summed E-state index contributed by atoms with van der Waals surface area (Å²) in [4.78, 5) is 14.0. The summed E-state index contributed by atoms with van der Waals surface area (Å²) in [6.07, 6.45) is 0.656. The molecule has 12 heteroatoms. The summed E-state index contributed by atoms with van der Waals surface area (Å²) < 4.78 is 57.4. The second-order valence-corrected chi connectivity index (χ2v) is 11.4. The Morgan fingerprint density at radius 1 is 1.10 bits per heavy atom. The Morgan fingerprint density at radius 3 is 2.52 bits per heavy atom. The minimum absolute atomic E-state index is 0.0331.